The summed E-state index contributed by atoms with van der Waals surface area (Å²) in [6.45, 7) is 0.420. The van der Waals surface area contributed by atoms with Gasteiger partial charge >= 0.3 is 0 Å². The van der Waals surface area contributed by atoms with E-state index in [1.807, 2.05) is 23.6 Å². The van der Waals surface area contributed by atoms with E-state index in [9.17, 15) is 14.9 Å². The van der Waals surface area contributed by atoms with Gasteiger partial charge in [-0.3, -0.25) is 19.5 Å². The first-order valence-electron chi connectivity index (χ1n) is 8.56. The van der Waals surface area contributed by atoms with Crippen LogP contribution in [0, 0.1) is 10.1 Å². The number of rotatable bonds is 4. The molecule has 0 fully saturated rings. The topological polar surface area (TPSA) is 109 Å². The number of fused-ring (bicyclic) bond motifs is 2. The lowest BCUT2D eigenvalue weighted by Crippen LogP contribution is -2.21. The van der Waals surface area contributed by atoms with E-state index in [0.717, 1.165) is 10.6 Å². The number of thiazole rings is 1. The highest BCUT2D eigenvalue weighted by Gasteiger charge is 2.16. The van der Waals surface area contributed by atoms with E-state index >= 15 is 0 Å². The van der Waals surface area contributed by atoms with Crippen LogP contribution in [0.4, 0.5) is 5.69 Å². The van der Waals surface area contributed by atoms with Crippen LogP contribution in [0.5, 0.6) is 11.5 Å². The maximum atomic E-state index is 12.8. The second kappa shape index (κ2) is 6.67. The van der Waals surface area contributed by atoms with Gasteiger partial charge in [-0.2, -0.15) is 0 Å². The molecule has 0 atom stereocenters. The number of nitro groups is 1. The van der Waals surface area contributed by atoms with E-state index in [1.54, 1.807) is 0 Å². The molecule has 144 valence electrons. The van der Waals surface area contributed by atoms with Crippen LogP contribution in [-0.2, 0) is 6.54 Å². The number of hydrogen-bond donors (Lipinski definition) is 0. The van der Waals surface area contributed by atoms with E-state index < -0.39 is 4.92 Å². The molecule has 3 heterocycles. The molecule has 1 aliphatic heterocycles. The van der Waals surface area contributed by atoms with Crippen molar-refractivity contribution < 1.29 is 14.4 Å². The number of aromatic nitrogens is 3. The third-order valence-electron chi connectivity index (χ3n) is 4.52. The zero-order valence-corrected chi connectivity index (χ0v) is 15.6. The van der Waals surface area contributed by atoms with E-state index in [2.05, 4.69) is 9.97 Å². The quantitative estimate of drug-likeness (QED) is 0.377. The van der Waals surface area contributed by atoms with Crippen molar-refractivity contribution in [3.05, 3.63) is 74.3 Å². The number of non-ortho nitro benzene ring substituents is 1. The highest BCUT2D eigenvalue weighted by molar-refractivity contribution is 7.13. The lowest BCUT2D eigenvalue weighted by molar-refractivity contribution is -0.384. The Labute approximate surface area is 167 Å². The van der Waals surface area contributed by atoms with Crippen molar-refractivity contribution in [3.63, 3.8) is 0 Å². The molecule has 0 saturated carbocycles. The van der Waals surface area contributed by atoms with Gasteiger partial charge in [-0.15, -0.1) is 11.3 Å². The van der Waals surface area contributed by atoms with Crippen LogP contribution in [0.25, 0.3) is 21.5 Å². The van der Waals surface area contributed by atoms with Gasteiger partial charge in [0.05, 0.1) is 34.4 Å². The molecular weight excluding hydrogens is 396 g/mol. The van der Waals surface area contributed by atoms with Crippen LogP contribution in [0.2, 0.25) is 0 Å². The summed E-state index contributed by atoms with van der Waals surface area (Å²) in [7, 11) is 0. The van der Waals surface area contributed by atoms with Gasteiger partial charge in [-0.05, 0) is 24.3 Å². The number of benzene rings is 2. The largest absolute Gasteiger partial charge is 0.454 e. The maximum absolute atomic E-state index is 12.8. The predicted molar refractivity (Wildman–Crippen MR) is 105 cm³/mol. The van der Waals surface area contributed by atoms with Gasteiger partial charge < -0.3 is 9.47 Å². The van der Waals surface area contributed by atoms with Crippen molar-refractivity contribution in [2.45, 2.75) is 6.54 Å². The Hall–Kier alpha value is -3.79. The molecule has 0 radical (unpaired) electrons. The average molecular weight is 408 g/mol. The summed E-state index contributed by atoms with van der Waals surface area (Å²) in [5, 5.41) is 13.8. The summed E-state index contributed by atoms with van der Waals surface area (Å²) in [5.74, 6) is 1.38. The minimum absolute atomic E-state index is 0.145. The molecule has 0 aliphatic carbocycles. The van der Waals surface area contributed by atoms with E-state index in [1.165, 1.54) is 40.4 Å². The highest BCUT2D eigenvalue weighted by Crippen LogP contribution is 2.36. The van der Waals surface area contributed by atoms with Crippen LogP contribution < -0.4 is 15.0 Å². The third kappa shape index (κ3) is 3.09. The normalized spacial score (nSPS) is 12.4. The summed E-state index contributed by atoms with van der Waals surface area (Å²) < 4.78 is 12.1. The summed E-state index contributed by atoms with van der Waals surface area (Å²) in [5.41, 5.74) is 1.50. The summed E-state index contributed by atoms with van der Waals surface area (Å²) in [4.78, 5) is 32.0. The number of hydrogen-bond acceptors (Lipinski definition) is 8. The van der Waals surface area contributed by atoms with Gasteiger partial charge in [0.25, 0.3) is 11.2 Å². The molecule has 9 nitrogen and oxygen atoms in total. The third-order valence-corrected chi connectivity index (χ3v) is 5.46. The molecule has 10 heteroatoms. The smallest absolute Gasteiger partial charge is 0.270 e. The molecule has 2 aromatic heterocycles. The van der Waals surface area contributed by atoms with Gasteiger partial charge in [0.2, 0.25) is 6.79 Å². The van der Waals surface area contributed by atoms with E-state index in [0.29, 0.717) is 22.7 Å². The number of ether oxygens (including phenoxy) is 2. The fourth-order valence-electron chi connectivity index (χ4n) is 3.09. The Balaban J connectivity index is 1.46. The molecule has 5 rings (SSSR count). The minimum atomic E-state index is -0.533. The molecule has 0 N–H and O–H groups in total. The molecule has 0 bridgehead atoms. The summed E-state index contributed by atoms with van der Waals surface area (Å²) >= 11 is 1.45. The zero-order valence-electron chi connectivity index (χ0n) is 14.8. The van der Waals surface area contributed by atoms with Gasteiger partial charge in [-0.1, -0.05) is 0 Å². The molecule has 29 heavy (non-hydrogen) atoms. The lowest BCUT2D eigenvalue weighted by Gasteiger charge is -2.05. The first-order chi connectivity index (χ1) is 14.1. The Kier molecular flexibility index (Phi) is 3.98. The van der Waals surface area contributed by atoms with Gasteiger partial charge in [-0.25, -0.2) is 9.97 Å². The fraction of sp³-hybridized carbons (Fsp3) is 0.105. The van der Waals surface area contributed by atoms with Crippen LogP contribution in [-0.4, -0.2) is 26.3 Å². The molecule has 0 saturated heterocycles. The number of nitrogens with zero attached hydrogens (tertiary/aromatic N) is 4. The number of nitro benzene ring substituents is 1. The maximum Gasteiger partial charge on any atom is 0.270 e. The van der Waals surface area contributed by atoms with Crippen LogP contribution in [0.1, 0.15) is 5.69 Å². The van der Waals surface area contributed by atoms with Crippen molar-refractivity contribution in [2.24, 2.45) is 0 Å². The van der Waals surface area contributed by atoms with Crippen molar-refractivity contribution >= 4 is 27.9 Å². The van der Waals surface area contributed by atoms with Crippen LogP contribution >= 0.6 is 11.3 Å². The Morgan fingerprint density at radius 1 is 1.17 bits per heavy atom. The van der Waals surface area contributed by atoms with Crippen LogP contribution in [0.15, 0.2) is 52.9 Å². The van der Waals surface area contributed by atoms with Crippen molar-refractivity contribution in [1.82, 2.24) is 14.5 Å². The van der Waals surface area contributed by atoms with Crippen LogP contribution in [0.3, 0.4) is 0 Å². The second-order valence-electron chi connectivity index (χ2n) is 6.35. The summed E-state index contributed by atoms with van der Waals surface area (Å²) in [6.07, 6.45) is 1.43. The van der Waals surface area contributed by atoms with Gasteiger partial charge in [0, 0.05) is 23.1 Å². The lowest BCUT2D eigenvalue weighted by atomic mass is 10.2. The fourth-order valence-corrected chi connectivity index (χ4v) is 3.90. The highest BCUT2D eigenvalue weighted by atomic mass is 32.1. The molecule has 0 spiro atoms. The molecule has 4 aromatic rings. The van der Waals surface area contributed by atoms with Crippen molar-refractivity contribution in [3.8, 4) is 22.1 Å². The standard InChI is InChI=1S/C19H12N4O5S/c24-19-14-6-13(23(25)26)2-3-15(14)20-9-22(19)7-12-8-29-18(21-12)11-1-4-16-17(5-11)28-10-27-16/h1-6,8-9H,7,10H2. The Bertz CT molecular complexity index is 1330. The average Bonchev–Trinajstić information content (AvgIpc) is 3.38. The Morgan fingerprint density at radius 3 is 2.90 bits per heavy atom. The van der Waals surface area contributed by atoms with Gasteiger partial charge in [0.15, 0.2) is 11.5 Å². The van der Waals surface area contributed by atoms with E-state index in [4.69, 9.17) is 9.47 Å². The first-order valence-corrected chi connectivity index (χ1v) is 9.44. The van der Waals surface area contributed by atoms with E-state index in [-0.39, 0.29) is 30.0 Å². The molecule has 1 aliphatic rings. The first kappa shape index (κ1) is 17.3. The Morgan fingerprint density at radius 2 is 2.03 bits per heavy atom. The monoisotopic (exact) mass is 408 g/mol. The van der Waals surface area contributed by atoms with Crippen molar-refractivity contribution in [2.75, 3.05) is 6.79 Å². The molecule has 0 amide bonds. The zero-order chi connectivity index (χ0) is 20.0. The molecular formula is C19H12N4O5S. The minimum Gasteiger partial charge on any atom is -0.454 e. The molecule has 2 aromatic carbocycles. The molecule has 0 unspecified atom stereocenters. The van der Waals surface area contributed by atoms with Gasteiger partial charge in [0.1, 0.15) is 5.01 Å². The predicted octanol–water partition coefficient (Wildman–Crippen LogP) is 3.21. The second-order valence-corrected chi connectivity index (χ2v) is 7.21. The SMILES string of the molecule is O=c1c2cc([N+](=O)[O-])ccc2ncn1Cc1csc(-c2ccc3c(c2)OCO3)n1. The van der Waals surface area contributed by atoms with Crippen molar-refractivity contribution in [1.29, 1.82) is 0 Å². The summed E-state index contributed by atoms with van der Waals surface area (Å²) in [6, 6.07) is 9.66.